The summed E-state index contributed by atoms with van der Waals surface area (Å²) in [5.41, 5.74) is 3.98. The van der Waals surface area contributed by atoms with E-state index in [0.717, 1.165) is 33.4 Å². The van der Waals surface area contributed by atoms with Gasteiger partial charge in [0.1, 0.15) is 17.5 Å². The van der Waals surface area contributed by atoms with Crippen molar-refractivity contribution in [2.24, 2.45) is 0 Å². The average molecular weight is 509 g/mol. The number of nitrogens with one attached hydrogen (secondary N) is 1. The van der Waals surface area contributed by atoms with Crippen LogP contribution in [0.25, 0.3) is 10.9 Å². The van der Waals surface area contributed by atoms with Gasteiger partial charge < -0.3 is 24.4 Å². The fourth-order valence-corrected chi connectivity index (χ4v) is 4.79. The molecule has 0 saturated carbocycles. The van der Waals surface area contributed by atoms with E-state index in [-0.39, 0.29) is 17.8 Å². The van der Waals surface area contributed by atoms with E-state index in [2.05, 4.69) is 10.2 Å². The predicted molar refractivity (Wildman–Crippen MR) is 146 cm³/mol. The highest BCUT2D eigenvalue weighted by atomic mass is 19.1. The van der Waals surface area contributed by atoms with E-state index in [9.17, 15) is 14.0 Å². The number of aryl methyl sites for hydroxylation is 2. The zero-order chi connectivity index (χ0) is 26.9. The number of amides is 2. The highest BCUT2D eigenvalue weighted by Crippen LogP contribution is 2.29. The van der Waals surface area contributed by atoms with E-state index in [4.69, 9.17) is 4.74 Å². The lowest BCUT2D eigenvalue weighted by Gasteiger charge is -2.37. The monoisotopic (exact) mass is 508 g/mol. The molecule has 1 saturated heterocycles. The van der Waals surface area contributed by atoms with Crippen LogP contribution in [0.3, 0.4) is 0 Å². The number of anilines is 2. The second-order valence-corrected chi connectivity index (χ2v) is 10.7. The van der Waals surface area contributed by atoms with E-state index in [0.29, 0.717) is 32.6 Å². The minimum Gasteiger partial charge on any atom is -0.444 e. The Bertz CT molecular complexity index is 1300. The fraction of sp³-hybridized carbons (Fsp3) is 0.448. The Morgan fingerprint density at radius 2 is 1.73 bits per heavy atom. The highest BCUT2D eigenvalue weighted by molar-refractivity contribution is 5.96. The summed E-state index contributed by atoms with van der Waals surface area (Å²) in [4.78, 5) is 29.8. The number of halogens is 1. The number of aromatic nitrogens is 1. The van der Waals surface area contributed by atoms with Gasteiger partial charge in [-0.15, -0.1) is 0 Å². The topological polar surface area (TPSA) is 66.8 Å². The Balaban J connectivity index is 1.48. The third-order valence-electron chi connectivity index (χ3n) is 6.80. The summed E-state index contributed by atoms with van der Waals surface area (Å²) in [6.45, 7) is 14.0. The maximum Gasteiger partial charge on any atom is 0.410 e. The molecule has 7 nitrogen and oxygen atoms in total. The van der Waals surface area contributed by atoms with Gasteiger partial charge in [-0.2, -0.15) is 0 Å². The normalized spacial score (nSPS) is 15.1. The van der Waals surface area contributed by atoms with Crippen molar-refractivity contribution in [2.75, 3.05) is 36.4 Å². The second-order valence-electron chi connectivity index (χ2n) is 10.7. The number of hydrogen-bond donors (Lipinski definition) is 1. The van der Waals surface area contributed by atoms with E-state index in [1.807, 2.05) is 70.5 Å². The molecule has 1 fully saturated rings. The molecular weight excluding hydrogens is 471 g/mol. The molecule has 198 valence electrons. The van der Waals surface area contributed by atoms with E-state index < -0.39 is 11.6 Å². The molecule has 4 rings (SSSR count). The average Bonchev–Trinajstić information content (AvgIpc) is 3.15. The fourth-order valence-electron chi connectivity index (χ4n) is 4.79. The Labute approximate surface area is 218 Å². The molecule has 1 aliphatic rings. The summed E-state index contributed by atoms with van der Waals surface area (Å²) in [5.74, 6) is -0.399. The van der Waals surface area contributed by atoms with Crippen LogP contribution in [0.4, 0.5) is 20.6 Å². The van der Waals surface area contributed by atoms with Crippen LogP contribution in [-0.2, 0) is 9.53 Å². The lowest BCUT2D eigenvalue weighted by atomic mass is 10.1. The molecule has 1 N–H and O–H groups in total. The van der Waals surface area contributed by atoms with Gasteiger partial charge in [0.15, 0.2) is 0 Å². The first-order valence-electron chi connectivity index (χ1n) is 12.9. The van der Waals surface area contributed by atoms with Gasteiger partial charge in [-0.3, -0.25) is 4.79 Å². The molecular formula is C29H37FN4O3. The number of benzene rings is 2. The van der Waals surface area contributed by atoms with Crippen molar-refractivity contribution in [1.29, 1.82) is 0 Å². The standard InChI is InChI=1S/C29H37FN4O3/c1-7-25(34-18-20(3)23-16-21(30)9-11-26(23)34)27(35)31-24-17-22(10-8-19(24)2)32-12-14-33(15-13-32)28(36)37-29(4,5)6/h8-11,16-18,25H,7,12-15H2,1-6H3,(H,31,35). The molecule has 1 atom stereocenters. The molecule has 2 amide bonds. The van der Waals surface area contributed by atoms with Gasteiger partial charge in [-0.25, -0.2) is 9.18 Å². The van der Waals surface area contributed by atoms with Crippen LogP contribution in [-0.4, -0.2) is 53.2 Å². The van der Waals surface area contributed by atoms with E-state index >= 15 is 0 Å². The van der Waals surface area contributed by atoms with Crippen LogP contribution in [0, 0.1) is 19.7 Å². The predicted octanol–water partition coefficient (Wildman–Crippen LogP) is 6.04. The molecule has 0 spiro atoms. The number of carbonyl (C=O) groups excluding carboxylic acids is 2. The molecule has 0 radical (unpaired) electrons. The maximum atomic E-state index is 13.8. The van der Waals surface area contributed by atoms with Gasteiger partial charge in [0.25, 0.3) is 0 Å². The summed E-state index contributed by atoms with van der Waals surface area (Å²) in [7, 11) is 0. The van der Waals surface area contributed by atoms with Crippen molar-refractivity contribution < 1.29 is 18.7 Å². The van der Waals surface area contributed by atoms with Crippen molar-refractivity contribution in [3.8, 4) is 0 Å². The first kappa shape index (κ1) is 26.5. The van der Waals surface area contributed by atoms with Crippen molar-refractivity contribution in [3.05, 3.63) is 59.5 Å². The third kappa shape index (κ3) is 5.89. The van der Waals surface area contributed by atoms with Crippen molar-refractivity contribution in [2.45, 2.75) is 59.6 Å². The zero-order valence-electron chi connectivity index (χ0n) is 22.6. The van der Waals surface area contributed by atoms with Crippen molar-refractivity contribution in [3.63, 3.8) is 0 Å². The van der Waals surface area contributed by atoms with Gasteiger partial charge in [0.2, 0.25) is 5.91 Å². The SMILES string of the molecule is CCC(C(=O)Nc1cc(N2CCN(C(=O)OC(C)(C)C)CC2)ccc1C)n1cc(C)c2cc(F)ccc21. The summed E-state index contributed by atoms with van der Waals surface area (Å²) in [5, 5.41) is 3.95. The summed E-state index contributed by atoms with van der Waals surface area (Å²) < 4.78 is 21.2. The smallest absolute Gasteiger partial charge is 0.410 e. The Morgan fingerprint density at radius 3 is 2.38 bits per heavy atom. The second kappa shape index (κ2) is 10.4. The molecule has 0 bridgehead atoms. The number of hydrogen-bond acceptors (Lipinski definition) is 4. The van der Waals surface area contributed by atoms with Crippen LogP contribution in [0.2, 0.25) is 0 Å². The van der Waals surface area contributed by atoms with Gasteiger partial charge >= 0.3 is 6.09 Å². The first-order chi connectivity index (χ1) is 17.5. The van der Waals surface area contributed by atoms with Gasteiger partial charge in [-0.1, -0.05) is 13.0 Å². The quantitative estimate of drug-likeness (QED) is 0.456. The summed E-state index contributed by atoms with van der Waals surface area (Å²) in [6, 6.07) is 10.3. The number of carbonyl (C=O) groups is 2. The van der Waals surface area contributed by atoms with Crippen LogP contribution < -0.4 is 10.2 Å². The number of nitrogens with zero attached hydrogens (tertiary/aromatic N) is 3. The Hall–Kier alpha value is -3.55. The lowest BCUT2D eigenvalue weighted by Crippen LogP contribution is -2.50. The van der Waals surface area contributed by atoms with Crippen LogP contribution in [0.5, 0.6) is 0 Å². The summed E-state index contributed by atoms with van der Waals surface area (Å²) >= 11 is 0. The Morgan fingerprint density at radius 1 is 1.03 bits per heavy atom. The molecule has 0 aliphatic carbocycles. The van der Waals surface area contributed by atoms with Gasteiger partial charge in [0, 0.05) is 54.7 Å². The van der Waals surface area contributed by atoms with Gasteiger partial charge in [0.05, 0.1) is 0 Å². The molecule has 3 aromatic rings. The summed E-state index contributed by atoms with van der Waals surface area (Å²) in [6.07, 6.45) is 2.23. The first-order valence-corrected chi connectivity index (χ1v) is 12.9. The third-order valence-corrected chi connectivity index (χ3v) is 6.80. The number of rotatable bonds is 5. The van der Waals surface area contributed by atoms with Crippen LogP contribution >= 0.6 is 0 Å². The van der Waals surface area contributed by atoms with E-state index in [1.54, 1.807) is 11.0 Å². The van der Waals surface area contributed by atoms with Crippen LogP contribution in [0.15, 0.2) is 42.6 Å². The largest absolute Gasteiger partial charge is 0.444 e. The van der Waals surface area contributed by atoms with Crippen molar-refractivity contribution in [1.82, 2.24) is 9.47 Å². The lowest BCUT2D eigenvalue weighted by molar-refractivity contribution is -0.119. The minimum atomic E-state index is -0.517. The Kier molecular flexibility index (Phi) is 7.48. The molecule has 8 heteroatoms. The molecule has 37 heavy (non-hydrogen) atoms. The van der Waals surface area contributed by atoms with E-state index in [1.165, 1.54) is 12.1 Å². The number of fused-ring (bicyclic) bond motifs is 1. The minimum absolute atomic E-state index is 0.112. The number of piperazine rings is 1. The number of ether oxygens (including phenoxy) is 1. The molecule has 1 aliphatic heterocycles. The molecule has 2 aromatic carbocycles. The zero-order valence-corrected chi connectivity index (χ0v) is 22.6. The van der Waals surface area contributed by atoms with Crippen molar-refractivity contribution >= 4 is 34.3 Å². The molecule has 2 heterocycles. The highest BCUT2D eigenvalue weighted by Gasteiger charge is 2.27. The van der Waals surface area contributed by atoms with Gasteiger partial charge in [-0.05, 0) is 82.5 Å². The maximum absolute atomic E-state index is 13.8. The molecule has 1 aromatic heterocycles. The van der Waals surface area contributed by atoms with Crippen LogP contribution in [0.1, 0.15) is 51.3 Å². The molecule has 1 unspecified atom stereocenters.